The lowest BCUT2D eigenvalue weighted by Crippen LogP contribution is -2.23. The lowest BCUT2D eigenvalue weighted by Gasteiger charge is -2.28. The second-order valence-electron chi connectivity index (χ2n) is 9.15. The molecule has 0 unspecified atom stereocenters. The van der Waals surface area contributed by atoms with E-state index in [9.17, 15) is 18.0 Å². The van der Waals surface area contributed by atoms with E-state index in [-0.39, 0.29) is 11.7 Å². The summed E-state index contributed by atoms with van der Waals surface area (Å²) in [6.07, 6.45) is 1.37. The molecule has 0 amide bonds. The van der Waals surface area contributed by atoms with Crippen LogP contribution in [0.5, 0.6) is 0 Å². The van der Waals surface area contributed by atoms with Crippen molar-refractivity contribution in [2.75, 3.05) is 0 Å². The lowest BCUT2D eigenvalue weighted by atomic mass is 9.76. The van der Waals surface area contributed by atoms with Crippen LogP contribution in [0.15, 0.2) is 41.8 Å². The Morgan fingerprint density at radius 1 is 1.00 bits per heavy atom. The van der Waals surface area contributed by atoms with E-state index in [4.69, 9.17) is 15.6 Å². The van der Waals surface area contributed by atoms with Gasteiger partial charge in [0.2, 0.25) is 0 Å². The van der Waals surface area contributed by atoms with E-state index in [1.54, 1.807) is 11.3 Å². The zero-order valence-corrected chi connectivity index (χ0v) is 19.9. The molecule has 5 rings (SSSR count). The molecular weight excluding hydrogens is 477 g/mol. The van der Waals surface area contributed by atoms with Gasteiger partial charge in [-0.3, -0.25) is 4.79 Å². The number of alkyl halides is 3. The quantitative estimate of drug-likeness (QED) is 0.391. The van der Waals surface area contributed by atoms with Crippen LogP contribution in [0.1, 0.15) is 77.7 Å². The molecule has 1 aromatic carbocycles. The van der Waals surface area contributed by atoms with Gasteiger partial charge in [0.1, 0.15) is 5.69 Å². The average Bonchev–Trinajstić information content (AvgIpc) is 3.59. The van der Waals surface area contributed by atoms with E-state index < -0.39 is 12.1 Å². The maximum absolute atomic E-state index is 13.3. The smallest absolute Gasteiger partial charge is 0.475 e. The molecule has 0 bridgehead atoms. The van der Waals surface area contributed by atoms with Crippen LogP contribution in [-0.2, 0) is 11.3 Å². The SMILES string of the molecule is NCc1ccc(C2CC2)c(C(=O)C2CCC(c3ccc4sccc4c3)CC2)n1.O=C(O)C(F)(F)F. The van der Waals surface area contributed by atoms with Gasteiger partial charge in [-0.2, -0.15) is 13.2 Å². The first-order chi connectivity index (χ1) is 16.7. The molecule has 2 aliphatic carbocycles. The van der Waals surface area contributed by atoms with Crippen molar-refractivity contribution in [3.05, 3.63) is 64.3 Å². The molecule has 0 atom stereocenters. The zero-order valence-electron chi connectivity index (χ0n) is 19.1. The Morgan fingerprint density at radius 3 is 2.26 bits per heavy atom. The van der Waals surface area contributed by atoms with Gasteiger partial charge < -0.3 is 10.8 Å². The Morgan fingerprint density at radius 2 is 1.66 bits per heavy atom. The summed E-state index contributed by atoms with van der Waals surface area (Å²) < 4.78 is 33.1. The summed E-state index contributed by atoms with van der Waals surface area (Å²) in [6.45, 7) is 0.392. The predicted octanol–water partition coefficient (Wildman–Crippen LogP) is 6.42. The predicted molar refractivity (Wildman–Crippen MR) is 129 cm³/mol. The van der Waals surface area contributed by atoms with Gasteiger partial charge in [0, 0.05) is 17.2 Å². The fourth-order valence-corrected chi connectivity index (χ4v) is 5.44. The molecular formula is C26H27F3N2O3S. The van der Waals surface area contributed by atoms with Crippen molar-refractivity contribution in [2.24, 2.45) is 11.7 Å². The number of Topliss-reactive ketones (excluding diaryl/α,β-unsaturated/α-hetero) is 1. The number of nitrogens with two attached hydrogens (primary N) is 1. The number of fused-ring (bicyclic) bond motifs is 1. The van der Waals surface area contributed by atoms with Crippen LogP contribution in [0.3, 0.4) is 0 Å². The Balaban J connectivity index is 0.000000364. The van der Waals surface area contributed by atoms with Gasteiger partial charge in [0.15, 0.2) is 5.78 Å². The maximum atomic E-state index is 13.3. The van der Waals surface area contributed by atoms with Gasteiger partial charge in [-0.1, -0.05) is 18.2 Å². The van der Waals surface area contributed by atoms with E-state index in [0.717, 1.165) is 36.9 Å². The molecule has 2 aliphatic rings. The second-order valence-corrected chi connectivity index (χ2v) is 10.1. The highest BCUT2D eigenvalue weighted by molar-refractivity contribution is 7.17. The van der Waals surface area contributed by atoms with E-state index in [0.29, 0.717) is 24.1 Å². The maximum Gasteiger partial charge on any atom is 0.490 e. The van der Waals surface area contributed by atoms with Gasteiger partial charge in [0.05, 0.1) is 5.69 Å². The molecule has 2 fully saturated rings. The van der Waals surface area contributed by atoms with Crippen LogP contribution in [0.25, 0.3) is 10.1 Å². The van der Waals surface area contributed by atoms with Crippen LogP contribution in [0, 0.1) is 5.92 Å². The largest absolute Gasteiger partial charge is 0.490 e. The number of carboxylic acids is 1. The monoisotopic (exact) mass is 504 g/mol. The summed E-state index contributed by atoms with van der Waals surface area (Å²) in [5, 5.41) is 10.6. The van der Waals surface area contributed by atoms with Gasteiger partial charge in [0.25, 0.3) is 0 Å². The minimum atomic E-state index is -5.08. The summed E-state index contributed by atoms with van der Waals surface area (Å²) in [6, 6.07) is 13.2. The number of aliphatic carboxylic acids is 1. The summed E-state index contributed by atoms with van der Waals surface area (Å²) in [7, 11) is 0. The number of benzene rings is 1. The fraction of sp³-hybridized carbons (Fsp3) is 0.423. The molecule has 3 aromatic rings. The number of hydrogen-bond acceptors (Lipinski definition) is 5. The number of rotatable bonds is 5. The number of aromatic nitrogens is 1. The van der Waals surface area contributed by atoms with E-state index in [1.807, 2.05) is 6.07 Å². The van der Waals surface area contributed by atoms with Crippen LogP contribution in [-0.4, -0.2) is 28.0 Å². The minimum absolute atomic E-state index is 0.110. The molecule has 2 heterocycles. The van der Waals surface area contributed by atoms with Gasteiger partial charge in [-0.15, -0.1) is 11.3 Å². The first-order valence-electron chi connectivity index (χ1n) is 11.7. The molecule has 2 saturated carbocycles. The van der Waals surface area contributed by atoms with E-state index in [2.05, 4.69) is 40.7 Å². The summed E-state index contributed by atoms with van der Waals surface area (Å²) in [4.78, 5) is 26.9. The van der Waals surface area contributed by atoms with Crippen molar-refractivity contribution in [3.8, 4) is 0 Å². The molecule has 3 N–H and O–H groups in total. The van der Waals surface area contributed by atoms with Crippen LogP contribution >= 0.6 is 11.3 Å². The number of carbonyl (C=O) groups is 2. The van der Waals surface area contributed by atoms with Crippen molar-refractivity contribution in [2.45, 2.75) is 63.1 Å². The van der Waals surface area contributed by atoms with E-state index >= 15 is 0 Å². The first kappa shape index (κ1) is 25.3. The standard InChI is InChI=1S/C24H26N2OS.C2HF3O2/c25-14-20-8-9-21(16-3-4-16)23(26-20)24(27)17-5-1-15(2-6-17)18-7-10-22-19(13-18)11-12-28-22;3-2(4,5)1(6)7/h7-13,15-17H,1-6,14,25H2;(H,6,7). The lowest BCUT2D eigenvalue weighted by molar-refractivity contribution is -0.192. The summed E-state index contributed by atoms with van der Waals surface area (Å²) in [5.41, 5.74) is 9.91. The van der Waals surface area contributed by atoms with Crippen LogP contribution in [0.4, 0.5) is 13.2 Å². The number of halogens is 3. The third-order valence-corrected chi connectivity index (χ3v) is 7.63. The number of thiophene rings is 1. The van der Waals surface area contributed by atoms with Crippen molar-refractivity contribution >= 4 is 33.2 Å². The normalized spacial score (nSPS) is 20.2. The number of ketones is 1. The first-order valence-corrected chi connectivity index (χ1v) is 12.6. The number of carbonyl (C=O) groups excluding carboxylic acids is 1. The third kappa shape index (κ3) is 6.08. The molecule has 0 spiro atoms. The molecule has 35 heavy (non-hydrogen) atoms. The zero-order chi connectivity index (χ0) is 25.2. The number of pyridine rings is 1. The minimum Gasteiger partial charge on any atom is -0.475 e. The Bertz CT molecular complexity index is 1210. The van der Waals surface area contributed by atoms with Crippen molar-refractivity contribution in [1.29, 1.82) is 0 Å². The molecule has 0 saturated heterocycles. The number of hydrogen-bond donors (Lipinski definition) is 2. The molecule has 2 aromatic heterocycles. The summed E-state index contributed by atoms with van der Waals surface area (Å²) >= 11 is 1.80. The molecule has 0 aliphatic heterocycles. The average molecular weight is 505 g/mol. The Labute approximate surface area is 205 Å². The highest BCUT2D eigenvalue weighted by Gasteiger charge is 2.38. The van der Waals surface area contributed by atoms with Crippen molar-refractivity contribution in [3.63, 3.8) is 0 Å². The Hall–Kier alpha value is -2.78. The highest BCUT2D eigenvalue weighted by Crippen LogP contribution is 2.43. The van der Waals surface area contributed by atoms with Crippen LogP contribution < -0.4 is 5.73 Å². The summed E-state index contributed by atoms with van der Waals surface area (Å²) in [5.74, 6) is -1.29. The molecule has 186 valence electrons. The van der Waals surface area contributed by atoms with Crippen molar-refractivity contribution < 1.29 is 27.9 Å². The fourth-order valence-electron chi connectivity index (χ4n) is 4.67. The number of carboxylic acid groups (broad SMARTS) is 1. The highest BCUT2D eigenvalue weighted by atomic mass is 32.1. The van der Waals surface area contributed by atoms with Gasteiger partial charge in [-0.05, 0) is 90.5 Å². The van der Waals surface area contributed by atoms with Gasteiger partial charge >= 0.3 is 12.1 Å². The number of nitrogens with zero attached hydrogens (tertiary/aromatic N) is 1. The topological polar surface area (TPSA) is 93.3 Å². The van der Waals surface area contributed by atoms with Crippen LogP contribution in [0.2, 0.25) is 0 Å². The van der Waals surface area contributed by atoms with Crippen molar-refractivity contribution in [1.82, 2.24) is 4.98 Å². The van der Waals surface area contributed by atoms with E-state index in [1.165, 1.54) is 28.5 Å². The second kappa shape index (κ2) is 10.5. The third-order valence-electron chi connectivity index (χ3n) is 6.73. The Kier molecular flexibility index (Phi) is 7.56. The molecule has 0 radical (unpaired) electrons. The molecule has 9 heteroatoms. The van der Waals surface area contributed by atoms with Gasteiger partial charge in [-0.25, -0.2) is 9.78 Å². The molecule has 5 nitrogen and oxygen atoms in total.